The van der Waals surface area contributed by atoms with Crippen molar-refractivity contribution < 1.29 is 8.42 Å². The van der Waals surface area contributed by atoms with Crippen molar-refractivity contribution in [2.24, 2.45) is 5.73 Å². The SMILES string of the molecule is CN(Cc1ccccc1C#CCN)S(=O)(=O)CC#N. The molecule has 1 aromatic carbocycles. The molecule has 6 heteroatoms. The van der Waals surface area contributed by atoms with Crippen molar-refractivity contribution in [3.05, 3.63) is 35.4 Å². The molecular weight excluding hydrogens is 262 g/mol. The van der Waals surface area contributed by atoms with Gasteiger partial charge in [0, 0.05) is 19.2 Å². The summed E-state index contributed by atoms with van der Waals surface area (Å²) in [5, 5.41) is 8.50. The van der Waals surface area contributed by atoms with E-state index in [4.69, 9.17) is 11.0 Å². The number of nitrogens with zero attached hydrogens (tertiary/aromatic N) is 2. The number of nitriles is 1. The Morgan fingerprint density at radius 2 is 2.05 bits per heavy atom. The van der Waals surface area contributed by atoms with E-state index >= 15 is 0 Å². The third kappa shape index (κ3) is 4.38. The van der Waals surface area contributed by atoms with E-state index < -0.39 is 15.8 Å². The number of benzene rings is 1. The molecule has 19 heavy (non-hydrogen) atoms. The predicted molar refractivity (Wildman–Crippen MR) is 73.2 cm³/mol. The second-order valence-corrected chi connectivity index (χ2v) is 5.91. The van der Waals surface area contributed by atoms with Crippen LogP contribution in [0.4, 0.5) is 0 Å². The maximum Gasteiger partial charge on any atom is 0.227 e. The molecule has 0 aliphatic heterocycles. The van der Waals surface area contributed by atoms with Crippen LogP contribution in [0.15, 0.2) is 24.3 Å². The summed E-state index contributed by atoms with van der Waals surface area (Å²) in [6, 6.07) is 8.90. The standard InChI is InChI=1S/C13H15N3O2S/c1-16(19(17,18)10-9-15)11-13-6-3-2-5-12(13)7-4-8-14/h2-3,5-6H,8,10-11,14H2,1H3. The van der Waals surface area contributed by atoms with E-state index in [0.717, 1.165) is 15.4 Å². The summed E-state index contributed by atoms with van der Waals surface area (Å²) in [5.74, 6) is 5.11. The zero-order valence-corrected chi connectivity index (χ0v) is 11.4. The first-order chi connectivity index (χ1) is 9.01. The molecule has 0 saturated carbocycles. The van der Waals surface area contributed by atoms with Crippen LogP contribution in [0, 0.1) is 23.2 Å². The number of sulfonamides is 1. The van der Waals surface area contributed by atoms with Crippen LogP contribution in [0.3, 0.4) is 0 Å². The molecule has 0 amide bonds. The Morgan fingerprint density at radius 3 is 2.68 bits per heavy atom. The maximum absolute atomic E-state index is 11.7. The summed E-state index contributed by atoms with van der Waals surface area (Å²) in [6.45, 7) is 0.427. The van der Waals surface area contributed by atoms with E-state index in [0.29, 0.717) is 0 Å². The summed E-state index contributed by atoms with van der Waals surface area (Å²) in [5.41, 5.74) is 6.85. The monoisotopic (exact) mass is 277 g/mol. The van der Waals surface area contributed by atoms with Gasteiger partial charge in [-0.1, -0.05) is 30.0 Å². The van der Waals surface area contributed by atoms with Crippen LogP contribution in [-0.4, -0.2) is 32.1 Å². The highest BCUT2D eigenvalue weighted by molar-refractivity contribution is 7.89. The lowest BCUT2D eigenvalue weighted by molar-refractivity contribution is 0.469. The molecule has 1 aromatic rings. The van der Waals surface area contributed by atoms with Crippen LogP contribution in [-0.2, 0) is 16.6 Å². The van der Waals surface area contributed by atoms with Gasteiger partial charge < -0.3 is 5.73 Å². The molecule has 0 spiro atoms. The van der Waals surface area contributed by atoms with E-state index in [-0.39, 0.29) is 13.1 Å². The lowest BCUT2D eigenvalue weighted by Gasteiger charge is -2.16. The summed E-state index contributed by atoms with van der Waals surface area (Å²) < 4.78 is 24.6. The van der Waals surface area contributed by atoms with Gasteiger partial charge >= 0.3 is 0 Å². The number of nitrogens with two attached hydrogens (primary N) is 1. The minimum Gasteiger partial charge on any atom is -0.320 e. The fourth-order valence-corrected chi connectivity index (χ4v) is 2.18. The van der Waals surface area contributed by atoms with Gasteiger partial charge in [-0.15, -0.1) is 0 Å². The van der Waals surface area contributed by atoms with Crippen molar-refractivity contribution in [1.29, 1.82) is 5.26 Å². The van der Waals surface area contributed by atoms with Crippen LogP contribution >= 0.6 is 0 Å². The molecule has 1 rings (SSSR count). The molecule has 0 aromatic heterocycles. The first-order valence-corrected chi connectivity index (χ1v) is 7.20. The van der Waals surface area contributed by atoms with Crippen molar-refractivity contribution in [3.63, 3.8) is 0 Å². The zero-order valence-electron chi connectivity index (χ0n) is 10.6. The van der Waals surface area contributed by atoms with Crippen LogP contribution in [0.5, 0.6) is 0 Å². The molecule has 100 valence electrons. The van der Waals surface area contributed by atoms with Gasteiger partial charge in [-0.05, 0) is 11.6 Å². The van der Waals surface area contributed by atoms with E-state index in [1.807, 2.05) is 18.2 Å². The van der Waals surface area contributed by atoms with Gasteiger partial charge in [0.25, 0.3) is 0 Å². The molecule has 5 nitrogen and oxygen atoms in total. The largest absolute Gasteiger partial charge is 0.320 e. The van der Waals surface area contributed by atoms with Crippen molar-refractivity contribution in [2.45, 2.75) is 6.54 Å². The summed E-state index contributed by atoms with van der Waals surface area (Å²) in [7, 11) is -2.10. The first-order valence-electron chi connectivity index (χ1n) is 5.59. The molecular formula is C13H15N3O2S. The van der Waals surface area contributed by atoms with Gasteiger partial charge in [0.05, 0.1) is 12.6 Å². The van der Waals surface area contributed by atoms with Gasteiger partial charge in [-0.2, -0.15) is 9.57 Å². The lowest BCUT2D eigenvalue weighted by atomic mass is 10.1. The molecule has 0 aliphatic carbocycles. The Balaban J connectivity index is 2.98. The van der Waals surface area contributed by atoms with Gasteiger partial charge in [-0.25, -0.2) is 8.42 Å². The topological polar surface area (TPSA) is 87.2 Å². The minimum atomic E-state index is -3.55. The van der Waals surface area contributed by atoms with Gasteiger partial charge in [-0.3, -0.25) is 0 Å². The van der Waals surface area contributed by atoms with Crippen LogP contribution in [0.1, 0.15) is 11.1 Å². The van der Waals surface area contributed by atoms with Crippen molar-refractivity contribution in [3.8, 4) is 17.9 Å². The average molecular weight is 277 g/mol. The number of rotatable bonds is 4. The smallest absolute Gasteiger partial charge is 0.227 e. The van der Waals surface area contributed by atoms with E-state index in [1.165, 1.54) is 7.05 Å². The van der Waals surface area contributed by atoms with Crippen molar-refractivity contribution >= 4 is 10.0 Å². The van der Waals surface area contributed by atoms with Crippen LogP contribution in [0.25, 0.3) is 0 Å². The third-order valence-electron chi connectivity index (χ3n) is 2.46. The Hall–Kier alpha value is -1.86. The van der Waals surface area contributed by atoms with E-state index in [1.54, 1.807) is 12.1 Å². The fraction of sp³-hybridized carbons (Fsp3) is 0.308. The molecule has 0 unspecified atom stereocenters. The Labute approximate surface area is 113 Å². The molecule has 0 heterocycles. The zero-order chi connectivity index (χ0) is 14.3. The number of hydrogen-bond donors (Lipinski definition) is 1. The average Bonchev–Trinajstić information content (AvgIpc) is 2.37. The van der Waals surface area contributed by atoms with Gasteiger partial charge in [0.1, 0.15) is 0 Å². The van der Waals surface area contributed by atoms with Gasteiger partial charge in [0.15, 0.2) is 5.75 Å². The molecule has 0 saturated heterocycles. The Bertz CT molecular complexity index is 636. The fourth-order valence-electron chi connectivity index (χ4n) is 1.46. The molecule has 0 fully saturated rings. The molecule has 0 radical (unpaired) electrons. The van der Waals surface area contributed by atoms with Crippen molar-refractivity contribution in [1.82, 2.24) is 4.31 Å². The highest BCUT2D eigenvalue weighted by atomic mass is 32.2. The maximum atomic E-state index is 11.7. The minimum absolute atomic E-state index is 0.180. The second-order valence-electron chi connectivity index (χ2n) is 3.83. The predicted octanol–water partition coefficient (Wildman–Crippen LogP) is 0.282. The Kier molecular flexibility index (Phi) is 5.53. The molecule has 0 bridgehead atoms. The van der Waals surface area contributed by atoms with E-state index in [9.17, 15) is 8.42 Å². The van der Waals surface area contributed by atoms with Crippen LogP contribution < -0.4 is 5.73 Å². The first kappa shape index (κ1) is 15.2. The highest BCUT2D eigenvalue weighted by Gasteiger charge is 2.18. The molecule has 2 N–H and O–H groups in total. The Morgan fingerprint density at radius 1 is 1.37 bits per heavy atom. The lowest BCUT2D eigenvalue weighted by Crippen LogP contribution is -2.28. The second kappa shape index (κ2) is 6.91. The van der Waals surface area contributed by atoms with Crippen molar-refractivity contribution in [2.75, 3.05) is 19.3 Å². The van der Waals surface area contributed by atoms with E-state index in [2.05, 4.69) is 11.8 Å². The summed E-state index contributed by atoms with van der Waals surface area (Å²) in [6.07, 6.45) is 0. The summed E-state index contributed by atoms with van der Waals surface area (Å²) in [4.78, 5) is 0. The highest BCUT2D eigenvalue weighted by Crippen LogP contribution is 2.12. The quantitative estimate of drug-likeness (QED) is 0.801. The molecule has 0 aliphatic rings. The normalized spacial score (nSPS) is 10.6. The van der Waals surface area contributed by atoms with Crippen LogP contribution in [0.2, 0.25) is 0 Å². The molecule has 0 atom stereocenters. The number of hydrogen-bond acceptors (Lipinski definition) is 4. The summed E-state index contributed by atoms with van der Waals surface area (Å²) >= 11 is 0. The van der Waals surface area contributed by atoms with Gasteiger partial charge in [0.2, 0.25) is 10.0 Å². The third-order valence-corrected chi connectivity index (χ3v) is 4.03.